The molecule has 0 saturated heterocycles. The lowest BCUT2D eigenvalue weighted by molar-refractivity contribution is -0.151. The number of carboxylic acid groups (broad SMARTS) is 1. The number of amides is 1. The summed E-state index contributed by atoms with van der Waals surface area (Å²) in [4.78, 5) is 24.3. The third-order valence-corrected chi connectivity index (χ3v) is 5.20. The Balaban J connectivity index is 2.00. The second-order valence-electron chi connectivity index (χ2n) is 5.50. The Kier molecular flexibility index (Phi) is 5.06. The molecule has 1 aliphatic rings. The summed E-state index contributed by atoms with van der Waals surface area (Å²) >= 11 is 7.21. The van der Waals surface area contributed by atoms with Crippen molar-refractivity contribution < 1.29 is 14.7 Å². The fraction of sp³-hybridized carbons (Fsp3) is 0.467. The van der Waals surface area contributed by atoms with Gasteiger partial charge in [0.1, 0.15) is 0 Å². The van der Waals surface area contributed by atoms with Crippen molar-refractivity contribution in [1.82, 2.24) is 5.32 Å². The monoisotopic (exact) mass is 327 g/mol. The van der Waals surface area contributed by atoms with Crippen LogP contribution < -0.4 is 5.32 Å². The minimum Gasteiger partial charge on any atom is -0.481 e. The van der Waals surface area contributed by atoms with Gasteiger partial charge in [0.05, 0.1) is 9.75 Å². The summed E-state index contributed by atoms with van der Waals surface area (Å²) in [5, 5.41) is 12.2. The van der Waals surface area contributed by atoms with E-state index in [2.05, 4.69) is 5.32 Å². The molecule has 0 spiro atoms. The Morgan fingerprint density at radius 2 is 2.24 bits per heavy atom. The Hall–Kier alpha value is -1.33. The lowest BCUT2D eigenvalue weighted by atomic mass is 9.71. The molecular formula is C15H18ClNO3S. The van der Waals surface area contributed by atoms with Gasteiger partial charge in [0.25, 0.3) is 0 Å². The molecule has 2 rings (SSSR count). The highest BCUT2D eigenvalue weighted by Crippen LogP contribution is 2.36. The maximum absolute atomic E-state index is 12.0. The number of hydrogen-bond acceptors (Lipinski definition) is 3. The minimum atomic E-state index is -0.881. The molecule has 0 radical (unpaired) electrons. The number of nitrogens with one attached hydrogen (secondary N) is 1. The highest BCUT2D eigenvalue weighted by Gasteiger charge is 2.43. The van der Waals surface area contributed by atoms with Gasteiger partial charge in [0.15, 0.2) is 0 Å². The first-order chi connectivity index (χ1) is 9.91. The van der Waals surface area contributed by atoms with Crippen LogP contribution in [-0.2, 0) is 9.59 Å². The molecule has 1 saturated carbocycles. The molecule has 2 N–H and O–H groups in total. The summed E-state index contributed by atoms with van der Waals surface area (Å²) < 4.78 is 0.667. The molecule has 114 valence electrons. The van der Waals surface area contributed by atoms with E-state index < -0.39 is 11.4 Å². The van der Waals surface area contributed by atoms with Crippen LogP contribution >= 0.6 is 22.9 Å². The van der Waals surface area contributed by atoms with Gasteiger partial charge in [-0.25, -0.2) is 0 Å². The van der Waals surface area contributed by atoms with E-state index in [9.17, 15) is 14.7 Å². The second-order valence-corrected chi connectivity index (χ2v) is 7.25. The van der Waals surface area contributed by atoms with E-state index in [-0.39, 0.29) is 11.9 Å². The van der Waals surface area contributed by atoms with Crippen LogP contribution in [-0.4, -0.2) is 23.0 Å². The third-order valence-electron chi connectivity index (χ3n) is 4.01. The zero-order valence-corrected chi connectivity index (χ0v) is 13.3. The predicted octanol–water partition coefficient (Wildman–Crippen LogP) is 3.56. The molecule has 2 unspecified atom stereocenters. The first-order valence-corrected chi connectivity index (χ1v) is 8.08. The van der Waals surface area contributed by atoms with Gasteiger partial charge in [-0.2, -0.15) is 0 Å². The van der Waals surface area contributed by atoms with Crippen molar-refractivity contribution in [3.05, 3.63) is 27.4 Å². The number of halogens is 1. The van der Waals surface area contributed by atoms with Crippen molar-refractivity contribution in [2.24, 2.45) is 5.41 Å². The molecule has 0 aromatic carbocycles. The van der Waals surface area contributed by atoms with E-state index in [1.54, 1.807) is 19.1 Å². The first kappa shape index (κ1) is 16.0. The highest BCUT2D eigenvalue weighted by atomic mass is 35.5. The summed E-state index contributed by atoms with van der Waals surface area (Å²) in [5.41, 5.74) is -0.881. The van der Waals surface area contributed by atoms with Crippen LogP contribution in [0.1, 0.15) is 37.5 Å². The Morgan fingerprint density at radius 1 is 1.48 bits per heavy atom. The molecule has 1 fully saturated rings. The zero-order chi connectivity index (χ0) is 15.5. The Bertz CT molecular complexity index is 569. The van der Waals surface area contributed by atoms with E-state index in [1.807, 2.05) is 6.07 Å². The van der Waals surface area contributed by atoms with E-state index in [0.717, 1.165) is 17.7 Å². The number of aliphatic carboxylic acids is 1. The van der Waals surface area contributed by atoms with Gasteiger partial charge in [-0.15, -0.1) is 11.3 Å². The summed E-state index contributed by atoms with van der Waals surface area (Å²) in [6.07, 6.45) is 6.24. The second kappa shape index (κ2) is 6.62. The maximum Gasteiger partial charge on any atom is 0.311 e. The molecule has 21 heavy (non-hydrogen) atoms. The van der Waals surface area contributed by atoms with Crippen LogP contribution in [0.4, 0.5) is 0 Å². The number of carboxylic acids is 1. The smallest absolute Gasteiger partial charge is 0.311 e. The van der Waals surface area contributed by atoms with Crippen LogP contribution in [0.15, 0.2) is 18.2 Å². The fourth-order valence-corrected chi connectivity index (χ4v) is 3.58. The van der Waals surface area contributed by atoms with Crippen molar-refractivity contribution >= 4 is 40.9 Å². The molecule has 1 amide bonds. The Labute approximate surface area is 132 Å². The molecule has 6 heteroatoms. The zero-order valence-electron chi connectivity index (χ0n) is 11.8. The average Bonchev–Trinajstić information content (AvgIpc) is 2.85. The number of carbonyl (C=O) groups excluding carboxylic acids is 1. The predicted molar refractivity (Wildman–Crippen MR) is 84.5 cm³/mol. The molecule has 4 nitrogen and oxygen atoms in total. The molecule has 0 bridgehead atoms. The van der Waals surface area contributed by atoms with Crippen molar-refractivity contribution in [2.45, 2.75) is 38.6 Å². The van der Waals surface area contributed by atoms with Gasteiger partial charge in [0.2, 0.25) is 5.91 Å². The van der Waals surface area contributed by atoms with Crippen molar-refractivity contribution in [1.29, 1.82) is 0 Å². The first-order valence-electron chi connectivity index (χ1n) is 6.89. The van der Waals surface area contributed by atoms with Crippen molar-refractivity contribution in [3.8, 4) is 0 Å². The van der Waals surface area contributed by atoms with Crippen molar-refractivity contribution in [2.75, 3.05) is 0 Å². The van der Waals surface area contributed by atoms with E-state index in [0.29, 0.717) is 17.2 Å². The van der Waals surface area contributed by atoms with Crippen molar-refractivity contribution in [3.63, 3.8) is 0 Å². The van der Waals surface area contributed by atoms with Gasteiger partial charge < -0.3 is 10.4 Å². The summed E-state index contributed by atoms with van der Waals surface area (Å²) in [6, 6.07) is 3.28. The van der Waals surface area contributed by atoms with Gasteiger partial charge in [0, 0.05) is 17.0 Å². The molecule has 1 heterocycles. The van der Waals surface area contributed by atoms with Crippen LogP contribution in [0.25, 0.3) is 6.08 Å². The van der Waals surface area contributed by atoms with E-state index in [4.69, 9.17) is 11.6 Å². The summed E-state index contributed by atoms with van der Waals surface area (Å²) in [5.74, 6) is -1.11. The molecular weight excluding hydrogens is 310 g/mol. The lowest BCUT2D eigenvalue weighted by Crippen LogP contribution is -2.51. The maximum atomic E-state index is 12.0. The van der Waals surface area contributed by atoms with Gasteiger partial charge in [-0.3, -0.25) is 9.59 Å². The SMILES string of the molecule is CC1(C(=O)O)CCCCC1NC(=O)/C=C/c1ccc(Cl)s1. The molecule has 2 atom stereocenters. The quantitative estimate of drug-likeness (QED) is 0.831. The van der Waals surface area contributed by atoms with Crippen LogP contribution in [0.2, 0.25) is 4.34 Å². The standard InChI is InChI=1S/C15H18ClNO3S/c1-15(14(19)20)9-3-2-4-11(15)17-13(18)8-6-10-5-7-12(16)21-10/h5-8,11H,2-4,9H2,1H3,(H,17,18)(H,19,20)/b8-6+. The number of carbonyl (C=O) groups is 2. The summed E-state index contributed by atoms with van der Waals surface area (Å²) in [7, 11) is 0. The van der Waals surface area contributed by atoms with E-state index in [1.165, 1.54) is 17.4 Å². The number of rotatable bonds is 4. The van der Waals surface area contributed by atoms with Gasteiger partial charge in [-0.05, 0) is 38.0 Å². The topological polar surface area (TPSA) is 66.4 Å². The fourth-order valence-electron chi connectivity index (χ4n) is 2.62. The van der Waals surface area contributed by atoms with Gasteiger partial charge >= 0.3 is 5.97 Å². The molecule has 1 aromatic heterocycles. The third kappa shape index (κ3) is 3.86. The average molecular weight is 328 g/mol. The van der Waals surface area contributed by atoms with Crippen LogP contribution in [0.3, 0.4) is 0 Å². The molecule has 0 aliphatic heterocycles. The number of thiophene rings is 1. The highest BCUT2D eigenvalue weighted by molar-refractivity contribution is 7.17. The molecule has 1 aliphatic carbocycles. The largest absolute Gasteiger partial charge is 0.481 e. The van der Waals surface area contributed by atoms with Gasteiger partial charge in [-0.1, -0.05) is 24.4 Å². The normalized spacial score (nSPS) is 25.9. The minimum absolute atomic E-state index is 0.265. The molecule has 1 aromatic rings. The lowest BCUT2D eigenvalue weighted by Gasteiger charge is -2.38. The number of hydrogen-bond donors (Lipinski definition) is 2. The Morgan fingerprint density at radius 3 is 2.86 bits per heavy atom. The van der Waals surface area contributed by atoms with Crippen LogP contribution in [0, 0.1) is 5.41 Å². The van der Waals surface area contributed by atoms with Crippen LogP contribution in [0.5, 0.6) is 0 Å². The summed E-state index contributed by atoms with van der Waals surface area (Å²) in [6.45, 7) is 1.71. The van der Waals surface area contributed by atoms with E-state index >= 15 is 0 Å².